The topological polar surface area (TPSA) is 32.3 Å². The molecule has 16 heavy (non-hydrogen) atoms. The number of rotatable bonds is 5. The van der Waals surface area contributed by atoms with Gasteiger partial charge in [-0.1, -0.05) is 12.2 Å². The molecule has 0 aliphatic carbocycles. The summed E-state index contributed by atoms with van der Waals surface area (Å²) in [5.41, 5.74) is 1.04. The third-order valence-corrected chi connectivity index (χ3v) is 3.75. The average Bonchev–Trinajstić information content (AvgIpc) is 2.26. The van der Waals surface area contributed by atoms with Crippen LogP contribution in [-0.2, 0) is 4.79 Å². The number of carbonyl (C=O) groups excluding carboxylic acids is 1. The fourth-order valence-electron chi connectivity index (χ4n) is 1.79. The molecule has 1 aliphatic heterocycles. The van der Waals surface area contributed by atoms with Crippen molar-refractivity contribution >= 4 is 17.7 Å². The molecule has 0 bridgehead atoms. The molecule has 1 fully saturated rings. The molecule has 0 aromatic carbocycles. The van der Waals surface area contributed by atoms with Crippen LogP contribution in [0.1, 0.15) is 20.3 Å². The van der Waals surface area contributed by atoms with Crippen LogP contribution in [0.5, 0.6) is 0 Å². The van der Waals surface area contributed by atoms with Gasteiger partial charge in [0.1, 0.15) is 0 Å². The highest BCUT2D eigenvalue weighted by atomic mass is 32.2. The van der Waals surface area contributed by atoms with E-state index in [1.165, 1.54) is 0 Å². The van der Waals surface area contributed by atoms with Gasteiger partial charge in [-0.05, 0) is 13.8 Å². The predicted molar refractivity (Wildman–Crippen MR) is 70.8 cm³/mol. The Kier molecular flexibility index (Phi) is 5.91. The lowest BCUT2D eigenvalue weighted by atomic mass is 10.2. The van der Waals surface area contributed by atoms with Crippen LogP contribution in [0.2, 0.25) is 0 Å². The highest BCUT2D eigenvalue weighted by Gasteiger charge is 2.19. The molecule has 1 rings (SSSR count). The second-order valence-electron chi connectivity index (χ2n) is 4.30. The Morgan fingerprint density at radius 1 is 1.62 bits per heavy atom. The van der Waals surface area contributed by atoms with E-state index in [0.29, 0.717) is 19.0 Å². The molecule has 0 aromatic heterocycles. The van der Waals surface area contributed by atoms with E-state index in [0.717, 1.165) is 30.2 Å². The summed E-state index contributed by atoms with van der Waals surface area (Å²) in [6, 6.07) is 0.352. The molecule has 1 amide bonds. The zero-order valence-corrected chi connectivity index (χ0v) is 11.1. The summed E-state index contributed by atoms with van der Waals surface area (Å²) >= 11 is 1.93. The third-order valence-electron chi connectivity index (χ3n) is 2.61. The van der Waals surface area contributed by atoms with E-state index in [9.17, 15) is 4.79 Å². The Morgan fingerprint density at radius 3 is 2.88 bits per heavy atom. The number of amides is 1. The maximum absolute atomic E-state index is 12.0. The maximum atomic E-state index is 12.0. The van der Waals surface area contributed by atoms with E-state index in [1.807, 2.05) is 30.5 Å². The van der Waals surface area contributed by atoms with Gasteiger partial charge in [0.25, 0.3) is 0 Å². The number of thioether (sulfide) groups is 1. The quantitative estimate of drug-likeness (QED) is 0.742. The summed E-state index contributed by atoms with van der Waals surface area (Å²) in [6.45, 7) is 10.3. The molecule has 1 heterocycles. The van der Waals surface area contributed by atoms with Crippen LogP contribution in [0.3, 0.4) is 0 Å². The lowest BCUT2D eigenvalue weighted by Crippen LogP contribution is -2.43. The van der Waals surface area contributed by atoms with E-state index < -0.39 is 0 Å². The van der Waals surface area contributed by atoms with Gasteiger partial charge in [0, 0.05) is 43.6 Å². The van der Waals surface area contributed by atoms with Crippen LogP contribution in [0.4, 0.5) is 0 Å². The molecule has 0 spiro atoms. The number of carbonyl (C=O) groups is 1. The number of nitrogens with one attached hydrogen (secondary N) is 1. The lowest BCUT2D eigenvalue weighted by Gasteiger charge is -2.26. The molecular formula is C12H22N2OS. The Labute approximate surface area is 103 Å². The molecule has 0 aromatic rings. The summed E-state index contributed by atoms with van der Waals surface area (Å²) in [5, 5.41) is 3.39. The van der Waals surface area contributed by atoms with Crippen molar-refractivity contribution < 1.29 is 4.79 Å². The number of likely N-dealkylation sites (N-methyl/N-ethyl adjacent to an activating group) is 1. The van der Waals surface area contributed by atoms with Crippen LogP contribution in [-0.4, -0.2) is 48.0 Å². The first kappa shape index (κ1) is 13.6. The minimum atomic E-state index is 0.241. The molecule has 0 radical (unpaired) electrons. The van der Waals surface area contributed by atoms with Gasteiger partial charge in [-0.3, -0.25) is 4.79 Å². The van der Waals surface area contributed by atoms with Gasteiger partial charge in [-0.25, -0.2) is 0 Å². The van der Waals surface area contributed by atoms with Crippen LogP contribution < -0.4 is 5.32 Å². The van der Waals surface area contributed by atoms with Crippen molar-refractivity contribution in [3.8, 4) is 0 Å². The van der Waals surface area contributed by atoms with Crippen molar-refractivity contribution in [3.63, 3.8) is 0 Å². The van der Waals surface area contributed by atoms with Crippen molar-refractivity contribution in [1.29, 1.82) is 0 Å². The highest BCUT2D eigenvalue weighted by Crippen LogP contribution is 2.11. The lowest BCUT2D eigenvalue weighted by molar-refractivity contribution is -0.131. The largest absolute Gasteiger partial charge is 0.339 e. The zero-order valence-electron chi connectivity index (χ0n) is 10.3. The van der Waals surface area contributed by atoms with Crippen molar-refractivity contribution in [2.45, 2.75) is 26.3 Å². The zero-order chi connectivity index (χ0) is 12.0. The summed E-state index contributed by atoms with van der Waals surface area (Å²) in [6.07, 6.45) is 0.619. The van der Waals surface area contributed by atoms with Gasteiger partial charge in [0.2, 0.25) is 5.91 Å². The second-order valence-corrected chi connectivity index (χ2v) is 5.44. The Balaban J connectivity index is 2.38. The molecule has 3 nitrogen and oxygen atoms in total. The van der Waals surface area contributed by atoms with Gasteiger partial charge < -0.3 is 10.2 Å². The van der Waals surface area contributed by atoms with E-state index in [4.69, 9.17) is 0 Å². The molecule has 0 saturated carbocycles. The van der Waals surface area contributed by atoms with Crippen molar-refractivity contribution in [2.75, 3.05) is 31.1 Å². The van der Waals surface area contributed by atoms with E-state index >= 15 is 0 Å². The fourth-order valence-corrected chi connectivity index (χ4v) is 2.74. The van der Waals surface area contributed by atoms with Gasteiger partial charge >= 0.3 is 0 Å². The van der Waals surface area contributed by atoms with E-state index in [1.54, 1.807) is 0 Å². The normalized spacial score (nSPS) is 20.5. The molecule has 92 valence electrons. The van der Waals surface area contributed by atoms with Crippen molar-refractivity contribution in [3.05, 3.63) is 12.2 Å². The number of nitrogens with zero attached hydrogens (tertiary/aromatic N) is 1. The first-order valence-corrected chi connectivity index (χ1v) is 7.02. The third kappa shape index (κ3) is 4.58. The van der Waals surface area contributed by atoms with Gasteiger partial charge in [-0.2, -0.15) is 11.8 Å². The van der Waals surface area contributed by atoms with Crippen LogP contribution in [0.25, 0.3) is 0 Å². The highest BCUT2D eigenvalue weighted by molar-refractivity contribution is 7.99. The predicted octanol–water partition coefficient (Wildman–Crippen LogP) is 1.51. The smallest absolute Gasteiger partial charge is 0.224 e. The summed E-state index contributed by atoms with van der Waals surface area (Å²) in [7, 11) is 0. The molecule has 1 N–H and O–H groups in total. The Morgan fingerprint density at radius 2 is 2.38 bits per heavy atom. The van der Waals surface area contributed by atoms with E-state index in [2.05, 4.69) is 11.9 Å². The first-order chi connectivity index (χ1) is 7.63. The van der Waals surface area contributed by atoms with Crippen molar-refractivity contribution in [2.24, 2.45) is 0 Å². The fraction of sp³-hybridized carbons (Fsp3) is 0.750. The van der Waals surface area contributed by atoms with E-state index in [-0.39, 0.29) is 5.91 Å². The molecular weight excluding hydrogens is 220 g/mol. The standard InChI is InChI=1S/C12H22N2OS/c1-4-14(8-10(2)3)12(15)7-11-9-16-6-5-13-11/h11,13H,2,4-9H2,1,3H3. The molecule has 1 unspecified atom stereocenters. The van der Waals surface area contributed by atoms with Gasteiger partial charge in [0.15, 0.2) is 0 Å². The monoisotopic (exact) mass is 242 g/mol. The van der Waals surface area contributed by atoms with Crippen LogP contribution in [0, 0.1) is 0 Å². The van der Waals surface area contributed by atoms with Crippen LogP contribution >= 0.6 is 11.8 Å². The summed E-state index contributed by atoms with van der Waals surface area (Å²) < 4.78 is 0. The average molecular weight is 242 g/mol. The minimum Gasteiger partial charge on any atom is -0.339 e. The van der Waals surface area contributed by atoms with Crippen LogP contribution in [0.15, 0.2) is 12.2 Å². The molecule has 4 heteroatoms. The number of hydrogen-bond donors (Lipinski definition) is 1. The maximum Gasteiger partial charge on any atom is 0.224 e. The van der Waals surface area contributed by atoms with Crippen molar-refractivity contribution in [1.82, 2.24) is 10.2 Å². The van der Waals surface area contributed by atoms with Gasteiger partial charge in [0.05, 0.1) is 0 Å². The minimum absolute atomic E-state index is 0.241. The molecule has 1 atom stereocenters. The Bertz CT molecular complexity index is 249. The Hall–Kier alpha value is -0.480. The van der Waals surface area contributed by atoms with Gasteiger partial charge in [-0.15, -0.1) is 0 Å². The SMILES string of the molecule is C=C(C)CN(CC)C(=O)CC1CSCCN1. The molecule has 1 aliphatic rings. The summed E-state index contributed by atoms with van der Waals surface area (Å²) in [4.78, 5) is 13.9. The second kappa shape index (κ2) is 6.97. The summed E-state index contributed by atoms with van der Waals surface area (Å²) in [5.74, 6) is 2.45. The number of hydrogen-bond acceptors (Lipinski definition) is 3. The molecule has 1 saturated heterocycles. The first-order valence-electron chi connectivity index (χ1n) is 5.86.